The molecular weight excluding hydrogens is 308 g/mol. The summed E-state index contributed by atoms with van der Waals surface area (Å²) in [6.07, 6.45) is 1.72. The molecule has 0 aliphatic rings. The number of hydrogen-bond donors (Lipinski definition) is 1. The number of anilines is 3. The topological polar surface area (TPSA) is 50.3 Å². The Labute approximate surface area is 120 Å². The average Bonchev–Trinajstić information content (AvgIpc) is 2.47. The summed E-state index contributed by atoms with van der Waals surface area (Å²) in [5, 5.41) is 2.93. The fraction of sp³-hybridized carbons (Fsp3) is 0.231. The van der Waals surface area contributed by atoms with E-state index in [-0.39, 0.29) is 0 Å². The normalized spacial score (nSPS) is 10.1. The third kappa shape index (κ3) is 2.78. The predicted octanol–water partition coefficient (Wildman–Crippen LogP) is 3.06. The average molecular weight is 323 g/mol. The van der Waals surface area contributed by atoms with E-state index in [2.05, 4.69) is 31.2 Å². The Morgan fingerprint density at radius 2 is 2.05 bits per heavy atom. The van der Waals surface area contributed by atoms with Crippen LogP contribution in [0.5, 0.6) is 5.75 Å². The first-order valence-electron chi connectivity index (χ1n) is 5.74. The van der Waals surface area contributed by atoms with E-state index in [1.165, 1.54) is 0 Å². The smallest absolute Gasteiger partial charge is 0.224 e. The lowest BCUT2D eigenvalue weighted by Gasteiger charge is -2.22. The van der Waals surface area contributed by atoms with Gasteiger partial charge in [0.1, 0.15) is 5.75 Å². The number of nitrogens with one attached hydrogen (secondary N) is 1. The Hall–Kier alpha value is -1.82. The van der Waals surface area contributed by atoms with Gasteiger partial charge in [0.15, 0.2) is 5.82 Å². The first-order valence-corrected chi connectivity index (χ1v) is 6.53. The second-order valence-electron chi connectivity index (χ2n) is 3.85. The lowest BCUT2D eigenvalue weighted by atomic mass is 10.2. The summed E-state index contributed by atoms with van der Waals surface area (Å²) >= 11 is 3.47. The highest BCUT2D eigenvalue weighted by atomic mass is 79.9. The minimum Gasteiger partial charge on any atom is -0.495 e. The predicted molar refractivity (Wildman–Crippen MR) is 80.3 cm³/mol. The summed E-state index contributed by atoms with van der Waals surface area (Å²) in [7, 11) is 5.38. The Morgan fingerprint density at radius 1 is 1.32 bits per heavy atom. The van der Waals surface area contributed by atoms with Gasteiger partial charge >= 0.3 is 0 Å². The molecular formula is C13H15BrN4O. The number of aromatic nitrogens is 2. The minimum absolute atomic E-state index is 0.569. The monoisotopic (exact) mass is 322 g/mol. The van der Waals surface area contributed by atoms with Crippen LogP contribution in [0.1, 0.15) is 0 Å². The highest BCUT2D eigenvalue weighted by molar-refractivity contribution is 9.10. The number of benzene rings is 1. The zero-order valence-electron chi connectivity index (χ0n) is 11.0. The molecule has 0 atom stereocenters. The van der Waals surface area contributed by atoms with Gasteiger partial charge < -0.3 is 15.0 Å². The van der Waals surface area contributed by atoms with E-state index in [4.69, 9.17) is 4.74 Å². The van der Waals surface area contributed by atoms with Crippen LogP contribution in [0.3, 0.4) is 0 Å². The third-order valence-electron chi connectivity index (χ3n) is 2.71. The van der Waals surface area contributed by atoms with Crippen LogP contribution in [0, 0.1) is 0 Å². The molecule has 1 heterocycles. The maximum Gasteiger partial charge on any atom is 0.224 e. The lowest BCUT2D eigenvalue weighted by molar-refractivity contribution is 0.415. The highest BCUT2D eigenvalue weighted by Crippen LogP contribution is 2.34. The molecule has 0 fully saturated rings. The molecule has 0 saturated heterocycles. The quantitative estimate of drug-likeness (QED) is 0.937. The molecule has 100 valence electrons. The van der Waals surface area contributed by atoms with Crippen molar-refractivity contribution < 1.29 is 4.74 Å². The van der Waals surface area contributed by atoms with Gasteiger partial charge in [-0.1, -0.05) is 12.1 Å². The van der Waals surface area contributed by atoms with Gasteiger partial charge in [-0.2, -0.15) is 4.98 Å². The SMILES string of the molecule is CNc1ncc(Br)c(N(C)c2ccccc2OC)n1. The van der Waals surface area contributed by atoms with Crippen molar-refractivity contribution in [3.8, 4) is 5.75 Å². The third-order valence-corrected chi connectivity index (χ3v) is 3.27. The van der Waals surface area contributed by atoms with Crippen LogP contribution in [0.25, 0.3) is 0 Å². The first kappa shape index (κ1) is 13.6. The van der Waals surface area contributed by atoms with Gasteiger partial charge in [-0.25, -0.2) is 4.98 Å². The van der Waals surface area contributed by atoms with Crippen LogP contribution in [-0.4, -0.2) is 31.2 Å². The van der Waals surface area contributed by atoms with Crippen LogP contribution >= 0.6 is 15.9 Å². The molecule has 1 aromatic carbocycles. The van der Waals surface area contributed by atoms with Crippen LogP contribution in [0.2, 0.25) is 0 Å². The Kier molecular flexibility index (Phi) is 4.21. The van der Waals surface area contributed by atoms with E-state index in [0.717, 1.165) is 21.7 Å². The number of rotatable bonds is 4. The van der Waals surface area contributed by atoms with Gasteiger partial charge in [0, 0.05) is 20.3 Å². The molecule has 2 aromatic rings. The fourth-order valence-electron chi connectivity index (χ4n) is 1.73. The van der Waals surface area contributed by atoms with E-state index >= 15 is 0 Å². The molecule has 19 heavy (non-hydrogen) atoms. The molecule has 2 rings (SSSR count). The number of para-hydroxylation sites is 2. The standard InChI is InChI=1S/C13H15BrN4O/c1-15-13-16-8-9(14)12(17-13)18(2)10-6-4-5-7-11(10)19-3/h4-8H,1-3H3,(H,15,16,17). The Bertz CT molecular complexity index is 576. The maximum absolute atomic E-state index is 5.37. The maximum atomic E-state index is 5.37. The van der Waals surface area contributed by atoms with Gasteiger partial charge in [0.25, 0.3) is 0 Å². The molecule has 0 bridgehead atoms. The first-order chi connectivity index (χ1) is 9.17. The number of methoxy groups -OCH3 is 1. The molecule has 0 unspecified atom stereocenters. The van der Waals surface area contributed by atoms with E-state index in [9.17, 15) is 0 Å². The van der Waals surface area contributed by atoms with Crippen LogP contribution in [0.4, 0.5) is 17.5 Å². The van der Waals surface area contributed by atoms with Crippen molar-refractivity contribution in [2.24, 2.45) is 0 Å². The van der Waals surface area contributed by atoms with Crippen molar-refractivity contribution in [2.45, 2.75) is 0 Å². The van der Waals surface area contributed by atoms with Crippen molar-refractivity contribution in [2.75, 3.05) is 31.4 Å². The molecule has 0 aliphatic carbocycles. The summed E-state index contributed by atoms with van der Waals surface area (Å²) in [5.41, 5.74) is 0.937. The van der Waals surface area contributed by atoms with Gasteiger partial charge in [-0.05, 0) is 28.1 Å². The summed E-state index contributed by atoms with van der Waals surface area (Å²) in [6, 6.07) is 7.79. The minimum atomic E-state index is 0.569. The van der Waals surface area contributed by atoms with Crippen molar-refractivity contribution in [1.29, 1.82) is 0 Å². The molecule has 5 nitrogen and oxygen atoms in total. The second kappa shape index (κ2) is 5.88. The molecule has 1 N–H and O–H groups in total. The van der Waals surface area contributed by atoms with Crippen LogP contribution in [-0.2, 0) is 0 Å². The summed E-state index contributed by atoms with van der Waals surface area (Å²) in [6.45, 7) is 0. The van der Waals surface area contributed by atoms with Gasteiger partial charge in [0.2, 0.25) is 5.95 Å². The van der Waals surface area contributed by atoms with Gasteiger partial charge in [-0.15, -0.1) is 0 Å². The summed E-state index contributed by atoms with van der Waals surface area (Å²) in [5.74, 6) is 2.13. The summed E-state index contributed by atoms with van der Waals surface area (Å²) in [4.78, 5) is 10.5. The lowest BCUT2D eigenvalue weighted by Crippen LogP contribution is -2.14. The molecule has 0 spiro atoms. The fourth-order valence-corrected chi connectivity index (χ4v) is 2.19. The Morgan fingerprint density at radius 3 is 2.74 bits per heavy atom. The number of ether oxygens (including phenoxy) is 1. The summed E-state index contributed by atoms with van der Waals surface area (Å²) < 4.78 is 6.19. The number of hydrogen-bond acceptors (Lipinski definition) is 5. The van der Waals surface area contributed by atoms with E-state index in [0.29, 0.717) is 5.95 Å². The van der Waals surface area contributed by atoms with Crippen molar-refractivity contribution in [1.82, 2.24) is 9.97 Å². The van der Waals surface area contributed by atoms with Gasteiger partial charge in [0.05, 0.1) is 17.3 Å². The van der Waals surface area contributed by atoms with Gasteiger partial charge in [-0.3, -0.25) is 0 Å². The van der Waals surface area contributed by atoms with Crippen molar-refractivity contribution in [3.63, 3.8) is 0 Å². The van der Waals surface area contributed by atoms with E-state index in [1.54, 1.807) is 20.4 Å². The number of nitrogens with zero attached hydrogens (tertiary/aromatic N) is 3. The second-order valence-corrected chi connectivity index (χ2v) is 4.70. The highest BCUT2D eigenvalue weighted by Gasteiger charge is 2.14. The zero-order chi connectivity index (χ0) is 13.8. The molecule has 0 aliphatic heterocycles. The molecule has 0 saturated carbocycles. The zero-order valence-corrected chi connectivity index (χ0v) is 12.6. The van der Waals surface area contributed by atoms with Crippen LogP contribution < -0.4 is 15.0 Å². The van der Waals surface area contributed by atoms with E-state index in [1.807, 2.05) is 36.2 Å². The molecule has 1 aromatic heterocycles. The van der Waals surface area contributed by atoms with Crippen LogP contribution in [0.15, 0.2) is 34.9 Å². The molecule has 0 amide bonds. The molecule has 0 radical (unpaired) electrons. The van der Waals surface area contributed by atoms with Crippen molar-refractivity contribution in [3.05, 3.63) is 34.9 Å². The largest absolute Gasteiger partial charge is 0.495 e. The molecule has 6 heteroatoms. The Balaban J connectivity index is 2.46. The number of halogens is 1. The van der Waals surface area contributed by atoms with Crippen molar-refractivity contribution >= 4 is 33.4 Å². The van der Waals surface area contributed by atoms with E-state index < -0.39 is 0 Å².